The normalized spacial score (nSPS) is 13.1. The summed E-state index contributed by atoms with van der Waals surface area (Å²) in [6.45, 7) is 9.89. The van der Waals surface area contributed by atoms with Gasteiger partial charge >= 0.3 is 0 Å². The Morgan fingerprint density at radius 3 is 2.33 bits per heavy atom. The van der Waals surface area contributed by atoms with E-state index in [9.17, 15) is 18.0 Å². The number of nitrogens with one attached hydrogen (secondary N) is 1. The van der Waals surface area contributed by atoms with Crippen molar-refractivity contribution >= 4 is 39.1 Å². The van der Waals surface area contributed by atoms with Gasteiger partial charge in [0, 0.05) is 30.6 Å². The molecular formula is C27H38ClN3O4S. The Labute approximate surface area is 220 Å². The van der Waals surface area contributed by atoms with Crippen molar-refractivity contribution in [3.8, 4) is 0 Å². The highest BCUT2D eigenvalue weighted by Gasteiger charge is 2.27. The SMILES string of the molecule is CC[C@H](C)NC(=O)[C@@H](C)N(Cc1cccc(Cl)c1)C(=O)CCCN(c1ccc(C)c(C)c1)S(C)(=O)=O. The molecular weight excluding hydrogens is 498 g/mol. The van der Waals surface area contributed by atoms with Crippen molar-refractivity contribution in [1.82, 2.24) is 10.2 Å². The number of carbonyl (C=O) groups is 2. The maximum absolute atomic E-state index is 13.3. The number of anilines is 1. The first kappa shape index (κ1) is 29.6. The van der Waals surface area contributed by atoms with E-state index in [0.717, 1.165) is 29.4 Å². The van der Waals surface area contributed by atoms with Crippen LogP contribution in [-0.2, 0) is 26.2 Å². The van der Waals surface area contributed by atoms with E-state index in [1.165, 1.54) is 9.21 Å². The van der Waals surface area contributed by atoms with Crippen LogP contribution in [-0.4, -0.2) is 50.0 Å². The molecule has 0 aliphatic heterocycles. The predicted octanol–water partition coefficient (Wildman–Crippen LogP) is 4.84. The number of aryl methyl sites for hydroxylation is 2. The molecule has 0 spiro atoms. The fourth-order valence-electron chi connectivity index (χ4n) is 3.76. The minimum absolute atomic E-state index is 0.00985. The van der Waals surface area contributed by atoms with Gasteiger partial charge in [0.25, 0.3) is 0 Å². The van der Waals surface area contributed by atoms with E-state index in [1.807, 2.05) is 45.9 Å². The number of rotatable bonds is 12. The van der Waals surface area contributed by atoms with E-state index >= 15 is 0 Å². The summed E-state index contributed by atoms with van der Waals surface area (Å²) in [6, 6.07) is 12.0. The Kier molecular flexibility index (Phi) is 10.8. The highest BCUT2D eigenvalue weighted by Crippen LogP contribution is 2.22. The van der Waals surface area contributed by atoms with Gasteiger partial charge < -0.3 is 10.2 Å². The summed E-state index contributed by atoms with van der Waals surface area (Å²) in [5, 5.41) is 3.49. The van der Waals surface area contributed by atoms with Crippen molar-refractivity contribution in [3.63, 3.8) is 0 Å². The molecule has 2 aromatic rings. The monoisotopic (exact) mass is 535 g/mol. The standard InChI is InChI=1S/C27H38ClN3O4S/c1-7-21(4)29-27(33)22(5)30(18-23-10-8-11-24(28)17-23)26(32)12-9-15-31(36(6,34)35)25-14-13-19(2)20(3)16-25/h8,10-11,13-14,16-17,21-22H,7,9,12,15,18H2,1-6H3,(H,29,33)/t21-,22+/m0/s1. The minimum atomic E-state index is -3.54. The van der Waals surface area contributed by atoms with Gasteiger partial charge in [0.15, 0.2) is 0 Å². The number of nitrogens with zero attached hydrogens (tertiary/aromatic N) is 2. The lowest BCUT2D eigenvalue weighted by atomic mass is 10.1. The van der Waals surface area contributed by atoms with E-state index < -0.39 is 16.1 Å². The Morgan fingerprint density at radius 1 is 1.06 bits per heavy atom. The Morgan fingerprint density at radius 2 is 1.75 bits per heavy atom. The molecule has 0 aliphatic rings. The average molecular weight is 536 g/mol. The van der Waals surface area contributed by atoms with E-state index in [2.05, 4.69) is 5.32 Å². The summed E-state index contributed by atoms with van der Waals surface area (Å²) >= 11 is 6.13. The van der Waals surface area contributed by atoms with Gasteiger partial charge in [-0.25, -0.2) is 8.42 Å². The number of halogens is 1. The number of carbonyl (C=O) groups excluding carboxylic acids is 2. The van der Waals surface area contributed by atoms with Crippen LogP contribution in [0.5, 0.6) is 0 Å². The summed E-state index contributed by atoms with van der Waals surface area (Å²) in [7, 11) is -3.54. The minimum Gasteiger partial charge on any atom is -0.352 e. The highest BCUT2D eigenvalue weighted by atomic mass is 35.5. The molecule has 0 bridgehead atoms. The van der Waals surface area contributed by atoms with Crippen LogP contribution < -0.4 is 9.62 Å². The van der Waals surface area contributed by atoms with Crippen LogP contribution >= 0.6 is 11.6 Å². The lowest BCUT2D eigenvalue weighted by molar-refractivity contribution is -0.140. The molecule has 2 rings (SSSR count). The van der Waals surface area contributed by atoms with Crippen LogP contribution in [0.25, 0.3) is 0 Å². The zero-order valence-corrected chi connectivity index (χ0v) is 23.6. The molecule has 1 N–H and O–H groups in total. The molecule has 2 amide bonds. The Balaban J connectivity index is 2.19. The van der Waals surface area contributed by atoms with Crippen LogP contribution in [0.1, 0.15) is 56.7 Å². The topological polar surface area (TPSA) is 86.8 Å². The second kappa shape index (κ2) is 13.1. The Bertz CT molecular complexity index is 1170. The molecule has 2 atom stereocenters. The molecule has 2 aromatic carbocycles. The molecule has 0 aromatic heterocycles. The first-order valence-corrected chi connectivity index (χ1v) is 14.4. The van der Waals surface area contributed by atoms with Crippen molar-refractivity contribution < 1.29 is 18.0 Å². The van der Waals surface area contributed by atoms with E-state index in [-0.39, 0.29) is 37.4 Å². The van der Waals surface area contributed by atoms with Gasteiger partial charge in [0.2, 0.25) is 21.8 Å². The van der Waals surface area contributed by atoms with E-state index in [1.54, 1.807) is 31.2 Å². The third-order valence-electron chi connectivity index (χ3n) is 6.34. The lowest BCUT2D eigenvalue weighted by Gasteiger charge is -2.30. The second-order valence-corrected chi connectivity index (χ2v) is 11.7. The van der Waals surface area contributed by atoms with Crippen LogP contribution in [0.4, 0.5) is 5.69 Å². The zero-order valence-electron chi connectivity index (χ0n) is 22.0. The van der Waals surface area contributed by atoms with Crippen LogP contribution in [0.3, 0.4) is 0 Å². The number of amides is 2. The molecule has 0 fully saturated rings. The third kappa shape index (κ3) is 8.52. The summed E-state index contributed by atoms with van der Waals surface area (Å²) in [5.74, 6) is -0.456. The summed E-state index contributed by atoms with van der Waals surface area (Å²) < 4.78 is 26.3. The molecule has 198 valence electrons. The lowest BCUT2D eigenvalue weighted by Crippen LogP contribution is -2.49. The number of benzene rings is 2. The maximum Gasteiger partial charge on any atom is 0.242 e. The first-order chi connectivity index (χ1) is 16.8. The van der Waals surface area contributed by atoms with E-state index in [4.69, 9.17) is 11.6 Å². The predicted molar refractivity (Wildman–Crippen MR) is 147 cm³/mol. The van der Waals surface area contributed by atoms with Crippen molar-refractivity contribution in [2.75, 3.05) is 17.1 Å². The van der Waals surface area contributed by atoms with Gasteiger partial charge in [-0.2, -0.15) is 0 Å². The van der Waals surface area contributed by atoms with Gasteiger partial charge in [-0.1, -0.05) is 36.7 Å². The van der Waals surface area contributed by atoms with Crippen molar-refractivity contribution in [2.45, 2.75) is 72.5 Å². The van der Waals surface area contributed by atoms with Gasteiger partial charge in [-0.15, -0.1) is 0 Å². The summed E-state index contributed by atoms with van der Waals surface area (Å²) in [6.07, 6.45) is 2.35. The molecule has 0 unspecified atom stereocenters. The average Bonchev–Trinajstić information content (AvgIpc) is 2.80. The molecule has 0 aliphatic carbocycles. The smallest absolute Gasteiger partial charge is 0.242 e. The summed E-state index contributed by atoms with van der Waals surface area (Å²) in [5.41, 5.74) is 3.45. The molecule has 36 heavy (non-hydrogen) atoms. The largest absolute Gasteiger partial charge is 0.352 e. The third-order valence-corrected chi connectivity index (χ3v) is 7.77. The van der Waals surface area contributed by atoms with Crippen LogP contribution in [0.2, 0.25) is 5.02 Å². The van der Waals surface area contributed by atoms with Gasteiger partial charge in [0.1, 0.15) is 6.04 Å². The highest BCUT2D eigenvalue weighted by molar-refractivity contribution is 7.92. The van der Waals surface area contributed by atoms with Crippen molar-refractivity contribution in [1.29, 1.82) is 0 Å². The fraction of sp³-hybridized carbons (Fsp3) is 0.481. The van der Waals surface area contributed by atoms with Gasteiger partial charge in [-0.3, -0.25) is 13.9 Å². The van der Waals surface area contributed by atoms with Crippen molar-refractivity contribution in [3.05, 3.63) is 64.2 Å². The molecule has 0 saturated carbocycles. The van der Waals surface area contributed by atoms with Gasteiger partial charge in [-0.05, 0) is 81.5 Å². The number of hydrogen-bond donors (Lipinski definition) is 1. The van der Waals surface area contributed by atoms with E-state index in [0.29, 0.717) is 17.1 Å². The molecule has 0 radical (unpaired) electrons. The molecule has 0 heterocycles. The Hall–Kier alpha value is -2.58. The maximum atomic E-state index is 13.3. The zero-order chi connectivity index (χ0) is 27.0. The molecule has 9 heteroatoms. The number of hydrogen-bond acceptors (Lipinski definition) is 4. The first-order valence-electron chi connectivity index (χ1n) is 12.2. The number of sulfonamides is 1. The van der Waals surface area contributed by atoms with Gasteiger partial charge in [0.05, 0.1) is 11.9 Å². The second-order valence-electron chi connectivity index (χ2n) is 9.35. The molecule has 0 saturated heterocycles. The van der Waals surface area contributed by atoms with Crippen LogP contribution in [0.15, 0.2) is 42.5 Å². The quantitative estimate of drug-likeness (QED) is 0.421. The summed E-state index contributed by atoms with van der Waals surface area (Å²) in [4.78, 5) is 27.7. The fourth-order valence-corrected chi connectivity index (χ4v) is 4.93. The van der Waals surface area contributed by atoms with Crippen LogP contribution in [0, 0.1) is 13.8 Å². The molecule has 7 nitrogen and oxygen atoms in total. The van der Waals surface area contributed by atoms with Crippen molar-refractivity contribution in [2.24, 2.45) is 0 Å².